The SMILES string of the molecule is CCCSN1CCN(c2cnn(-c3ccccc3F)c(=O)c2OC2CCC(CC)CC2)CC1. The molecule has 2 aromatic rings. The molecule has 0 amide bonds. The van der Waals surface area contributed by atoms with Crippen LogP contribution in [-0.2, 0) is 0 Å². The Labute approximate surface area is 200 Å². The van der Waals surface area contributed by atoms with Gasteiger partial charge in [0.15, 0.2) is 0 Å². The molecule has 0 bridgehead atoms. The van der Waals surface area contributed by atoms with Crippen molar-refractivity contribution in [2.75, 3.05) is 36.8 Å². The van der Waals surface area contributed by atoms with E-state index in [1.165, 1.54) is 12.5 Å². The zero-order valence-corrected chi connectivity index (χ0v) is 20.5. The van der Waals surface area contributed by atoms with Gasteiger partial charge < -0.3 is 9.64 Å². The molecule has 1 aromatic heterocycles. The molecule has 8 heteroatoms. The second-order valence-electron chi connectivity index (χ2n) is 8.95. The molecule has 0 N–H and O–H groups in total. The second-order valence-corrected chi connectivity index (χ2v) is 10.1. The number of benzene rings is 1. The Kier molecular flexibility index (Phi) is 8.30. The number of rotatable bonds is 8. The van der Waals surface area contributed by atoms with Gasteiger partial charge in [-0.15, -0.1) is 0 Å². The number of ether oxygens (including phenoxy) is 1. The van der Waals surface area contributed by atoms with Crippen molar-refractivity contribution in [1.29, 1.82) is 0 Å². The lowest BCUT2D eigenvalue weighted by molar-refractivity contribution is 0.128. The predicted octanol–water partition coefficient (Wildman–Crippen LogP) is 4.90. The summed E-state index contributed by atoms with van der Waals surface area (Å²) in [6.07, 6.45) is 8.16. The summed E-state index contributed by atoms with van der Waals surface area (Å²) in [4.78, 5) is 15.7. The molecule has 1 saturated carbocycles. The molecular formula is C25H35FN4O2S. The Hall–Kier alpha value is -2.06. The van der Waals surface area contributed by atoms with Crippen LogP contribution in [0.25, 0.3) is 5.69 Å². The van der Waals surface area contributed by atoms with Crippen LogP contribution in [0.15, 0.2) is 35.3 Å². The van der Waals surface area contributed by atoms with Crippen LogP contribution < -0.4 is 15.2 Å². The Morgan fingerprint density at radius 3 is 2.45 bits per heavy atom. The van der Waals surface area contributed by atoms with Crippen molar-refractivity contribution in [3.05, 3.63) is 46.6 Å². The van der Waals surface area contributed by atoms with Gasteiger partial charge in [0.05, 0.1) is 12.3 Å². The highest BCUT2D eigenvalue weighted by molar-refractivity contribution is 7.97. The van der Waals surface area contributed by atoms with E-state index in [1.807, 2.05) is 11.9 Å². The van der Waals surface area contributed by atoms with Gasteiger partial charge in [-0.3, -0.25) is 4.79 Å². The maximum atomic E-state index is 14.5. The Morgan fingerprint density at radius 1 is 1.06 bits per heavy atom. The lowest BCUT2D eigenvalue weighted by Gasteiger charge is -2.36. The van der Waals surface area contributed by atoms with Crippen molar-refractivity contribution in [3.8, 4) is 11.4 Å². The minimum atomic E-state index is -0.476. The molecule has 1 saturated heterocycles. The Morgan fingerprint density at radius 2 is 1.79 bits per heavy atom. The van der Waals surface area contributed by atoms with Gasteiger partial charge in [0.2, 0.25) is 5.75 Å². The van der Waals surface area contributed by atoms with Crippen LogP contribution in [0.1, 0.15) is 52.4 Å². The summed E-state index contributed by atoms with van der Waals surface area (Å²) in [5.41, 5.74) is 0.484. The molecule has 1 aliphatic heterocycles. The number of nitrogens with zero attached hydrogens (tertiary/aromatic N) is 4. The zero-order chi connectivity index (χ0) is 23.2. The smallest absolute Gasteiger partial charge is 0.316 e. The highest BCUT2D eigenvalue weighted by Gasteiger charge is 2.28. The summed E-state index contributed by atoms with van der Waals surface area (Å²) in [7, 11) is 0. The summed E-state index contributed by atoms with van der Waals surface area (Å²) < 4.78 is 24.4. The third kappa shape index (κ3) is 5.72. The van der Waals surface area contributed by atoms with E-state index >= 15 is 0 Å². The summed E-state index contributed by atoms with van der Waals surface area (Å²) >= 11 is 1.89. The van der Waals surface area contributed by atoms with Gasteiger partial charge in [0.1, 0.15) is 17.2 Å². The van der Waals surface area contributed by atoms with Crippen LogP contribution >= 0.6 is 11.9 Å². The van der Waals surface area contributed by atoms with Crippen LogP contribution in [0.3, 0.4) is 0 Å². The monoisotopic (exact) mass is 474 g/mol. The summed E-state index contributed by atoms with van der Waals surface area (Å²) in [6, 6.07) is 6.23. The van der Waals surface area contributed by atoms with Gasteiger partial charge in [-0.05, 0) is 50.2 Å². The predicted molar refractivity (Wildman–Crippen MR) is 133 cm³/mol. The van der Waals surface area contributed by atoms with Crippen molar-refractivity contribution in [2.24, 2.45) is 5.92 Å². The topological polar surface area (TPSA) is 50.6 Å². The van der Waals surface area contributed by atoms with E-state index in [1.54, 1.807) is 24.4 Å². The minimum absolute atomic E-state index is 0.0112. The Balaban J connectivity index is 1.61. The number of halogens is 1. The Bertz CT molecular complexity index is 969. The lowest BCUT2D eigenvalue weighted by Crippen LogP contribution is -2.44. The molecule has 180 valence electrons. The first kappa shape index (κ1) is 24.1. The maximum Gasteiger partial charge on any atom is 0.316 e. The van der Waals surface area contributed by atoms with E-state index in [0.29, 0.717) is 5.75 Å². The molecule has 33 heavy (non-hydrogen) atoms. The summed E-state index contributed by atoms with van der Waals surface area (Å²) in [5, 5.41) is 4.36. The number of para-hydroxylation sites is 1. The van der Waals surface area contributed by atoms with Crippen LogP contribution in [0.4, 0.5) is 10.1 Å². The van der Waals surface area contributed by atoms with Crippen molar-refractivity contribution in [1.82, 2.24) is 14.1 Å². The number of piperazine rings is 1. The van der Waals surface area contributed by atoms with Gasteiger partial charge in [-0.2, -0.15) is 9.78 Å². The quantitative estimate of drug-likeness (QED) is 0.507. The number of aromatic nitrogens is 2. The number of hydrogen-bond donors (Lipinski definition) is 0. The first-order valence-corrected chi connectivity index (χ1v) is 13.2. The molecule has 4 rings (SSSR count). The van der Waals surface area contributed by atoms with Crippen LogP contribution in [0, 0.1) is 11.7 Å². The standard InChI is InChI=1S/C25H35FN4O2S/c1-3-17-33-29-15-13-28(14-16-29)23-18-27-30(22-8-6-5-7-21(22)26)25(31)24(23)32-20-11-9-19(4-2)10-12-20/h5-8,18-20H,3-4,9-17H2,1-2H3. The first-order chi connectivity index (χ1) is 16.1. The molecular weight excluding hydrogens is 439 g/mol. The van der Waals surface area contributed by atoms with Crippen LogP contribution in [0.5, 0.6) is 5.75 Å². The van der Waals surface area contributed by atoms with Crippen LogP contribution in [-0.4, -0.2) is 52.1 Å². The van der Waals surface area contributed by atoms with Gasteiger partial charge in [0.25, 0.3) is 0 Å². The van der Waals surface area contributed by atoms with Crippen molar-refractivity contribution >= 4 is 17.6 Å². The van der Waals surface area contributed by atoms with E-state index in [4.69, 9.17) is 4.74 Å². The van der Waals surface area contributed by atoms with E-state index in [9.17, 15) is 9.18 Å². The van der Waals surface area contributed by atoms with Crippen LogP contribution in [0.2, 0.25) is 0 Å². The first-order valence-electron chi connectivity index (χ1n) is 12.3. The van der Waals surface area contributed by atoms with Gasteiger partial charge in [0, 0.05) is 31.9 Å². The molecule has 0 radical (unpaired) electrons. The van der Waals surface area contributed by atoms with E-state index in [0.717, 1.165) is 80.3 Å². The second kappa shape index (κ2) is 11.4. The largest absolute Gasteiger partial charge is 0.483 e. The summed E-state index contributed by atoms with van der Waals surface area (Å²) in [6.45, 7) is 7.88. The van der Waals surface area contributed by atoms with Crippen molar-refractivity contribution in [3.63, 3.8) is 0 Å². The number of hydrogen-bond acceptors (Lipinski definition) is 6. The highest BCUT2D eigenvalue weighted by atomic mass is 32.2. The van der Waals surface area contributed by atoms with Crippen molar-refractivity contribution in [2.45, 2.75) is 58.5 Å². The lowest BCUT2D eigenvalue weighted by atomic mass is 9.86. The molecule has 0 atom stereocenters. The van der Waals surface area contributed by atoms with E-state index in [2.05, 4.69) is 28.2 Å². The molecule has 1 aromatic carbocycles. The number of anilines is 1. The average Bonchev–Trinajstić information content (AvgIpc) is 2.85. The molecule has 0 spiro atoms. The summed E-state index contributed by atoms with van der Waals surface area (Å²) in [5.74, 6) is 1.69. The third-order valence-electron chi connectivity index (χ3n) is 6.71. The molecule has 6 nitrogen and oxygen atoms in total. The van der Waals surface area contributed by atoms with Gasteiger partial charge in [-0.25, -0.2) is 8.70 Å². The zero-order valence-electron chi connectivity index (χ0n) is 19.7. The fourth-order valence-corrected chi connectivity index (χ4v) is 5.53. The highest BCUT2D eigenvalue weighted by Crippen LogP contribution is 2.33. The van der Waals surface area contributed by atoms with E-state index in [-0.39, 0.29) is 11.8 Å². The molecule has 0 unspecified atom stereocenters. The maximum absolute atomic E-state index is 14.5. The molecule has 2 aliphatic rings. The fraction of sp³-hybridized carbons (Fsp3) is 0.600. The molecule has 2 fully saturated rings. The van der Waals surface area contributed by atoms with Crippen molar-refractivity contribution < 1.29 is 9.13 Å². The average molecular weight is 475 g/mol. The third-order valence-corrected chi connectivity index (χ3v) is 8.03. The van der Waals surface area contributed by atoms with E-state index < -0.39 is 11.4 Å². The fourth-order valence-electron chi connectivity index (χ4n) is 4.66. The molecule has 1 aliphatic carbocycles. The minimum Gasteiger partial charge on any atom is -0.483 e. The van der Waals surface area contributed by atoms with Gasteiger partial charge in [-0.1, -0.05) is 44.3 Å². The molecule has 2 heterocycles. The van der Waals surface area contributed by atoms with Gasteiger partial charge >= 0.3 is 5.56 Å². The normalized spacial score (nSPS) is 21.8.